The Morgan fingerprint density at radius 2 is 1.78 bits per heavy atom. The van der Waals surface area contributed by atoms with E-state index in [2.05, 4.69) is 49.9 Å². The Kier molecular flexibility index (Phi) is 8.05. The van der Waals surface area contributed by atoms with Gasteiger partial charge in [0, 0.05) is 49.9 Å². The molecule has 4 atom stereocenters. The highest BCUT2D eigenvalue weighted by atomic mass is 16.5. The van der Waals surface area contributed by atoms with Gasteiger partial charge in [-0.05, 0) is 49.6 Å². The van der Waals surface area contributed by atoms with E-state index < -0.39 is 12.1 Å². The lowest BCUT2D eigenvalue weighted by Gasteiger charge is -2.34. The van der Waals surface area contributed by atoms with Crippen molar-refractivity contribution in [3.8, 4) is 0 Å². The lowest BCUT2D eigenvalue weighted by molar-refractivity contribution is -0.138. The second-order valence-electron chi connectivity index (χ2n) is 11.9. The molecule has 1 N–H and O–H groups in total. The summed E-state index contributed by atoms with van der Waals surface area (Å²) >= 11 is 0. The number of benzene rings is 1. The Hall–Kier alpha value is -2.45. The van der Waals surface area contributed by atoms with Crippen molar-refractivity contribution in [2.75, 3.05) is 51.3 Å². The van der Waals surface area contributed by atoms with E-state index in [-0.39, 0.29) is 41.6 Å². The molecule has 0 radical (unpaired) electrons. The summed E-state index contributed by atoms with van der Waals surface area (Å²) in [5.74, 6) is -0.326. The van der Waals surface area contributed by atoms with Crippen LogP contribution in [0.4, 0.5) is 5.69 Å². The highest BCUT2D eigenvalue weighted by Crippen LogP contribution is 2.35. The van der Waals surface area contributed by atoms with Gasteiger partial charge in [0.25, 0.3) is 5.91 Å². The summed E-state index contributed by atoms with van der Waals surface area (Å²) in [7, 11) is 2.13. The second-order valence-corrected chi connectivity index (χ2v) is 11.9. The van der Waals surface area contributed by atoms with Gasteiger partial charge >= 0.3 is 0 Å². The van der Waals surface area contributed by atoms with Gasteiger partial charge in [0.1, 0.15) is 18.7 Å². The molecule has 8 heteroatoms. The summed E-state index contributed by atoms with van der Waals surface area (Å²) in [6.07, 6.45) is 2.14. The predicted molar refractivity (Wildman–Crippen MR) is 140 cm³/mol. The molecular formula is C28H42N4O4. The van der Waals surface area contributed by atoms with Crippen LogP contribution in [0.3, 0.4) is 0 Å². The van der Waals surface area contributed by atoms with Gasteiger partial charge in [0.2, 0.25) is 5.91 Å². The molecule has 0 unspecified atom stereocenters. The van der Waals surface area contributed by atoms with Crippen LogP contribution < -0.4 is 10.2 Å². The van der Waals surface area contributed by atoms with Crippen molar-refractivity contribution >= 4 is 23.3 Å². The summed E-state index contributed by atoms with van der Waals surface area (Å²) in [5.41, 5.74) is 1.45. The van der Waals surface area contributed by atoms with Crippen molar-refractivity contribution in [1.82, 2.24) is 15.1 Å². The number of rotatable bonds is 7. The first-order valence-corrected chi connectivity index (χ1v) is 13.4. The first kappa shape index (κ1) is 26.6. The van der Waals surface area contributed by atoms with E-state index in [9.17, 15) is 14.4 Å². The van der Waals surface area contributed by atoms with Crippen molar-refractivity contribution < 1.29 is 19.1 Å². The van der Waals surface area contributed by atoms with Crippen LogP contribution in [0.15, 0.2) is 24.3 Å². The van der Waals surface area contributed by atoms with E-state index >= 15 is 0 Å². The minimum absolute atomic E-state index is 0.0349. The molecule has 36 heavy (non-hydrogen) atoms. The number of anilines is 1. The van der Waals surface area contributed by atoms with Gasteiger partial charge in [-0.2, -0.15) is 0 Å². The van der Waals surface area contributed by atoms with Crippen LogP contribution >= 0.6 is 0 Å². The highest BCUT2D eigenvalue weighted by Gasteiger charge is 2.52. The molecule has 0 spiro atoms. The summed E-state index contributed by atoms with van der Waals surface area (Å²) in [5, 5.41) is 3.01. The molecule has 4 rings (SSSR count). The van der Waals surface area contributed by atoms with Crippen molar-refractivity contribution in [2.24, 2.45) is 11.3 Å². The number of Topliss-reactive ketones (excluding diaryl/α,β-unsaturated/α-hetero) is 1. The highest BCUT2D eigenvalue weighted by molar-refractivity contribution is 5.99. The molecule has 3 aliphatic heterocycles. The number of piperazine rings is 1. The number of ether oxygens (including phenoxy) is 1. The van der Waals surface area contributed by atoms with E-state index in [1.165, 1.54) is 0 Å². The number of likely N-dealkylation sites (tertiary alicyclic amines) is 1. The summed E-state index contributed by atoms with van der Waals surface area (Å²) in [6.45, 7) is 12.8. The average Bonchev–Trinajstić information content (AvgIpc) is 3.39. The van der Waals surface area contributed by atoms with Crippen LogP contribution in [0.5, 0.6) is 0 Å². The number of amides is 2. The van der Waals surface area contributed by atoms with Crippen molar-refractivity contribution in [3.63, 3.8) is 0 Å². The normalized spacial score (nSPS) is 25.7. The van der Waals surface area contributed by atoms with Crippen LogP contribution in [0.1, 0.15) is 57.3 Å². The fourth-order valence-corrected chi connectivity index (χ4v) is 5.75. The van der Waals surface area contributed by atoms with Crippen molar-refractivity contribution in [3.05, 3.63) is 29.8 Å². The van der Waals surface area contributed by atoms with Gasteiger partial charge in [-0.3, -0.25) is 14.4 Å². The van der Waals surface area contributed by atoms with Crippen LogP contribution in [-0.4, -0.2) is 92.0 Å². The Bertz CT molecular complexity index is 949. The monoisotopic (exact) mass is 498 g/mol. The fourth-order valence-electron chi connectivity index (χ4n) is 5.75. The van der Waals surface area contributed by atoms with Gasteiger partial charge in [-0.15, -0.1) is 0 Å². The zero-order chi connectivity index (χ0) is 26.0. The largest absolute Gasteiger partial charge is 0.369 e. The quantitative estimate of drug-likeness (QED) is 0.622. The Morgan fingerprint density at radius 1 is 1.11 bits per heavy atom. The van der Waals surface area contributed by atoms with E-state index in [0.29, 0.717) is 18.5 Å². The number of fused-ring (bicyclic) bond motifs is 1. The molecule has 2 amide bonds. The number of nitrogens with zero attached hydrogens (tertiary/aromatic N) is 3. The third-order valence-electron chi connectivity index (χ3n) is 7.65. The molecule has 3 saturated heterocycles. The maximum Gasteiger partial charge on any atom is 0.251 e. The zero-order valence-corrected chi connectivity index (χ0v) is 22.5. The molecule has 0 aliphatic carbocycles. The van der Waals surface area contributed by atoms with Crippen LogP contribution in [0.2, 0.25) is 0 Å². The fraction of sp³-hybridized carbons (Fsp3) is 0.679. The van der Waals surface area contributed by atoms with Gasteiger partial charge in [0.05, 0.1) is 6.10 Å². The average molecular weight is 499 g/mol. The predicted octanol–water partition coefficient (Wildman–Crippen LogP) is 2.57. The maximum absolute atomic E-state index is 13.8. The standard InChI is InChI=1S/C28H42N4O4/c1-6-7-20-17-32(24-23(33)18-36-25(20)24)27(35)22(16-28(2,3)4)29-26(34)19-8-10-21(11-9-19)31-14-12-30(5)13-15-31/h8-11,20,22,24-25H,6-7,12-18H2,1-5H3,(H,29,34)/t20-,22+,24-,25-/m1/s1. The third-order valence-corrected chi connectivity index (χ3v) is 7.65. The minimum atomic E-state index is -0.704. The molecular weight excluding hydrogens is 456 g/mol. The lowest BCUT2D eigenvalue weighted by atomic mass is 9.87. The van der Waals surface area contributed by atoms with E-state index in [0.717, 1.165) is 44.7 Å². The Morgan fingerprint density at radius 3 is 2.39 bits per heavy atom. The van der Waals surface area contributed by atoms with Gasteiger partial charge in [-0.25, -0.2) is 0 Å². The molecule has 1 aromatic carbocycles. The SMILES string of the molecule is CCC[C@@H]1CN(C(=O)[C@H](CC(C)(C)C)NC(=O)c2ccc(N3CCN(C)CC3)cc2)[C@@H]2C(=O)CO[C@H]12. The van der Waals surface area contributed by atoms with E-state index in [1.807, 2.05) is 24.3 Å². The summed E-state index contributed by atoms with van der Waals surface area (Å²) in [6, 6.07) is 6.39. The van der Waals surface area contributed by atoms with Gasteiger partial charge in [-0.1, -0.05) is 34.1 Å². The molecule has 3 fully saturated rings. The zero-order valence-electron chi connectivity index (χ0n) is 22.5. The number of ketones is 1. The summed E-state index contributed by atoms with van der Waals surface area (Å²) < 4.78 is 5.80. The molecule has 3 aliphatic rings. The van der Waals surface area contributed by atoms with Gasteiger partial charge < -0.3 is 24.8 Å². The first-order chi connectivity index (χ1) is 17.1. The topological polar surface area (TPSA) is 82.2 Å². The molecule has 0 saturated carbocycles. The number of hydrogen-bond acceptors (Lipinski definition) is 6. The number of nitrogens with one attached hydrogen (secondary N) is 1. The number of carbonyl (C=O) groups is 3. The first-order valence-electron chi connectivity index (χ1n) is 13.4. The Labute approximate surface area is 215 Å². The maximum atomic E-state index is 13.8. The molecule has 3 heterocycles. The second kappa shape index (κ2) is 10.9. The van der Waals surface area contributed by atoms with Crippen molar-refractivity contribution in [1.29, 1.82) is 0 Å². The molecule has 198 valence electrons. The molecule has 0 aromatic heterocycles. The summed E-state index contributed by atoms with van der Waals surface area (Å²) in [4.78, 5) is 46.0. The number of carbonyl (C=O) groups excluding carboxylic acids is 3. The van der Waals surface area contributed by atoms with Crippen LogP contribution in [0.25, 0.3) is 0 Å². The molecule has 0 bridgehead atoms. The minimum Gasteiger partial charge on any atom is -0.369 e. The van der Waals surface area contributed by atoms with E-state index in [4.69, 9.17) is 4.74 Å². The third kappa shape index (κ3) is 5.92. The van der Waals surface area contributed by atoms with Crippen LogP contribution in [0, 0.1) is 11.3 Å². The molecule has 1 aromatic rings. The van der Waals surface area contributed by atoms with Gasteiger partial charge in [0.15, 0.2) is 5.78 Å². The smallest absolute Gasteiger partial charge is 0.251 e. The Balaban J connectivity index is 1.48. The number of likely N-dealkylation sites (N-methyl/N-ethyl adjacent to an activating group) is 1. The van der Waals surface area contributed by atoms with Crippen molar-refractivity contribution in [2.45, 2.75) is 65.1 Å². The van der Waals surface area contributed by atoms with E-state index in [1.54, 1.807) is 4.90 Å². The molecule has 8 nitrogen and oxygen atoms in total. The lowest BCUT2D eigenvalue weighted by Crippen LogP contribution is -2.53. The van der Waals surface area contributed by atoms with Crippen LogP contribution in [-0.2, 0) is 14.3 Å². The number of hydrogen-bond donors (Lipinski definition) is 1.